The number of hydrogen-bond acceptors (Lipinski definition) is 3. The van der Waals surface area contributed by atoms with E-state index in [9.17, 15) is 0 Å². The Bertz CT molecular complexity index is 809. The van der Waals surface area contributed by atoms with Gasteiger partial charge >= 0.3 is 0 Å². The largest absolute Gasteiger partial charge is 0.344 e. The molecule has 1 saturated heterocycles. The zero-order valence-corrected chi connectivity index (χ0v) is 33.3. The maximum Gasteiger partial charge on any atom is 0.169 e. The predicted molar refractivity (Wildman–Crippen MR) is 223 cm³/mol. The highest BCUT2D eigenvalue weighted by molar-refractivity contribution is 4.94. The smallest absolute Gasteiger partial charge is 0.169 e. The summed E-state index contributed by atoms with van der Waals surface area (Å²) in [6.45, 7) is 5.72. The van der Waals surface area contributed by atoms with Gasteiger partial charge in [-0.15, -0.1) is 0 Å². The van der Waals surface area contributed by atoms with E-state index in [4.69, 9.17) is 9.47 Å². The van der Waals surface area contributed by atoms with Gasteiger partial charge in [0.05, 0.1) is 12.2 Å². The van der Waals surface area contributed by atoms with Crippen LogP contribution in [-0.4, -0.2) is 43.5 Å². The van der Waals surface area contributed by atoms with Crippen molar-refractivity contribution in [3.05, 3.63) is 48.6 Å². The maximum absolute atomic E-state index is 6.95. The molecule has 1 aliphatic heterocycles. The standard InChI is InChI=1S/C46H83NO2.CH4/c1-5-7-9-11-13-15-17-19-21-23-25-27-29-31-33-35-39-46(48-44-38-37-43(42-47(3)4)41-45(44)49-46)40-36-34-32-30-28-26-24-22-20-18-16-14-12-10-8-6-2;/h13-16,19-22,43-45H,5-12,17-18,23-42H2,1-4H3;1H4/b15-13-,16-14-,21-19-,22-20-;/t43-,44+,45-;/m1./s1. The Balaban J connectivity index is 0.0000125. The molecule has 3 nitrogen and oxygen atoms in total. The molecule has 0 unspecified atom stereocenters. The summed E-state index contributed by atoms with van der Waals surface area (Å²) >= 11 is 0. The van der Waals surface area contributed by atoms with E-state index in [0.29, 0.717) is 12.2 Å². The van der Waals surface area contributed by atoms with Crippen LogP contribution in [0.4, 0.5) is 0 Å². The molecule has 3 heteroatoms. The SMILES string of the molecule is C.CCCCC/C=C\C/C=C\CCCCCCCCC1(CCCCCCCC/C=C\C/C=C\CCCCC)O[C@H]2CC[C@@H](CN(C)C)C[C@H]2O1. The number of hydrogen-bond donors (Lipinski definition) is 0. The van der Waals surface area contributed by atoms with E-state index in [2.05, 4.69) is 81.5 Å². The van der Waals surface area contributed by atoms with Crippen molar-refractivity contribution in [2.24, 2.45) is 5.92 Å². The summed E-state index contributed by atoms with van der Waals surface area (Å²) in [4.78, 5) is 2.35. The number of ether oxygens (including phenoxy) is 2. The van der Waals surface area contributed by atoms with E-state index < -0.39 is 0 Å². The van der Waals surface area contributed by atoms with Gasteiger partial charge in [-0.3, -0.25) is 0 Å². The fourth-order valence-corrected chi connectivity index (χ4v) is 7.83. The van der Waals surface area contributed by atoms with Gasteiger partial charge in [-0.1, -0.05) is 147 Å². The molecule has 2 fully saturated rings. The number of allylic oxidation sites excluding steroid dienone is 8. The van der Waals surface area contributed by atoms with Crippen molar-refractivity contribution < 1.29 is 9.47 Å². The van der Waals surface area contributed by atoms with Gasteiger partial charge in [0.25, 0.3) is 0 Å². The molecule has 0 aromatic rings. The monoisotopic (exact) mass is 698 g/mol. The fraction of sp³-hybridized carbons (Fsp3) is 0.830. The van der Waals surface area contributed by atoms with Crippen molar-refractivity contribution in [3.63, 3.8) is 0 Å². The molecule has 0 bridgehead atoms. The Hall–Kier alpha value is -1.16. The molecule has 1 aliphatic carbocycles. The van der Waals surface area contributed by atoms with Gasteiger partial charge in [0.15, 0.2) is 5.79 Å². The number of fused-ring (bicyclic) bond motifs is 1. The Morgan fingerprint density at radius 2 is 0.900 bits per heavy atom. The lowest BCUT2D eigenvalue weighted by atomic mass is 9.85. The molecule has 0 spiro atoms. The van der Waals surface area contributed by atoms with Crippen LogP contribution < -0.4 is 0 Å². The molecule has 1 heterocycles. The van der Waals surface area contributed by atoms with Crippen LogP contribution in [0.2, 0.25) is 0 Å². The maximum atomic E-state index is 6.95. The van der Waals surface area contributed by atoms with Crippen LogP contribution >= 0.6 is 0 Å². The highest BCUT2D eigenvalue weighted by Gasteiger charge is 2.48. The third kappa shape index (κ3) is 24.2. The van der Waals surface area contributed by atoms with E-state index in [-0.39, 0.29) is 13.2 Å². The first-order valence-corrected chi connectivity index (χ1v) is 21.7. The second-order valence-electron chi connectivity index (χ2n) is 15.8. The minimum Gasteiger partial charge on any atom is -0.344 e. The zero-order chi connectivity index (χ0) is 35.1. The molecular weight excluding hydrogens is 611 g/mol. The van der Waals surface area contributed by atoms with Gasteiger partial charge in [0, 0.05) is 19.4 Å². The first-order valence-electron chi connectivity index (χ1n) is 21.7. The van der Waals surface area contributed by atoms with Crippen LogP contribution in [-0.2, 0) is 9.47 Å². The molecule has 292 valence electrons. The summed E-state index contributed by atoms with van der Waals surface area (Å²) in [5.41, 5.74) is 0. The van der Waals surface area contributed by atoms with Crippen molar-refractivity contribution in [1.29, 1.82) is 0 Å². The quantitative estimate of drug-likeness (QED) is 0.0516. The van der Waals surface area contributed by atoms with Crippen molar-refractivity contribution in [1.82, 2.24) is 4.90 Å². The van der Waals surface area contributed by atoms with E-state index in [0.717, 1.165) is 31.6 Å². The van der Waals surface area contributed by atoms with Gasteiger partial charge in [0.2, 0.25) is 0 Å². The summed E-state index contributed by atoms with van der Waals surface area (Å²) in [5.74, 6) is 0.437. The van der Waals surface area contributed by atoms with E-state index in [1.807, 2.05) is 0 Å². The topological polar surface area (TPSA) is 21.7 Å². The van der Waals surface area contributed by atoms with Gasteiger partial charge in [0.1, 0.15) is 0 Å². The van der Waals surface area contributed by atoms with Gasteiger partial charge in [-0.05, 0) is 116 Å². The molecular formula is C47H87NO2. The van der Waals surface area contributed by atoms with Gasteiger partial charge in [-0.25, -0.2) is 0 Å². The molecule has 0 radical (unpaired) electrons. The molecule has 1 saturated carbocycles. The minimum absolute atomic E-state index is 0. The molecule has 50 heavy (non-hydrogen) atoms. The minimum atomic E-state index is -0.313. The van der Waals surface area contributed by atoms with Gasteiger partial charge in [-0.2, -0.15) is 0 Å². The number of rotatable bonds is 32. The van der Waals surface area contributed by atoms with Crippen LogP contribution in [0, 0.1) is 5.92 Å². The van der Waals surface area contributed by atoms with E-state index in [1.54, 1.807) is 0 Å². The fourth-order valence-electron chi connectivity index (χ4n) is 7.83. The average Bonchev–Trinajstić information content (AvgIpc) is 3.45. The second kappa shape index (κ2) is 32.5. The molecule has 0 aromatic heterocycles. The lowest BCUT2D eigenvalue weighted by molar-refractivity contribution is -0.186. The lowest BCUT2D eigenvalue weighted by Gasteiger charge is -2.31. The van der Waals surface area contributed by atoms with E-state index in [1.165, 1.54) is 167 Å². The summed E-state index contributed by atoms with van der Waals surface area (Å²) in [5, 5.41) is 0. The van der Waals surface area contributed by atoms with Crippen molar-refractivity contribution in [3.8, 4) is 0 Å². The third-order valence-corrected chi connectivity index (χ3v) is 10.7. The average molecular weight is 698 g/mol. The van der Waals surface area contributed by atoms with Crippen LogP contribution in [0.25, 0.3) is 0 Å². The van der Waals surface area contributed by atoms with Crippen LogP contribution in [0.1, 0.15) is 207 Å². The third-order valence-electron chi connectivity index (χ3n) is 10.7. The van der Waals surface area contributed by atoms with Crippen molar-refractivity contribution >= 4 is 0 Å². The van der Waals surface area contributed by atoms with Crippen molar-refractivity contribution in [2.75, 3.05) is 20.6 Å². The molecule has 3 atom stereocenters. The lowest BCUT2D eigenvalue weighted by Crippen LogP contribution is -2.35. The zero-order valence-electron chi connectivity index (χ0n) is 33.3. The highest BCUT2D eigenvalue weighted by atomic mass is 16.8. The molecule has 0 N–H and O–H groups in total. The Labute approximate surface area is 314 Å². The first-order chi connectivity index (χ1) is 24.1. The van der Waals surface area contributed by atoms with Crippen molar-refractivity contribution in [2.45, 2.75) is 225 Å². The summed E-state index contributed by atoms with van der Waals surface area (Å²) in [7, 11) is 4.42. The second-order valence-corrected chi connectivity index (χ2v) is 15.8. The summed E-state index contributed by atoms with van der Waals surface area (Å²) in [6, 6.07) is 0. The molecule has 2 rings (SSSR count). The highest BCUT2D eigenvalue weighted by Crippen LogP contribution is 2.44. The molecule has 0 amide bonds. The van der Waals surface area contributed by atoms with Crippen LogP contribution in [0.15, 0.2) is 48.6 Å². The van der Waals surface area contributed by atoms with Gasteiger partial charge < -0.3 is 14.4 Å². The Kier molecular flexibility index (Phi) is 30.4. The van der Waals surface area contributed by atoms with Crippen LogP contribution in [0.5, 0.6) is 0 Å². The number of nitrogens with zero attached hydrogens (tertiary/aromatic N) is 1. The normalized spacial score (nSPS) is 20.6. The Morgan fingerprint density at radius 3 is 1.34 bits per heavy atom. The van der Waals surface area contributed by atoms with Crippen LogP contribution in [0.3, 0.4) is 0 Å². The number of unbranched alkanes of at least 4 members (excludes halogenated alkanes) is 18. The molecule has 0 aromatic carbocycles. The summed E-state index contributed by atoms with van der Waals surface area (Å²) < 4.78 is 13.8. The summed E-state index contributed by atoms with van der Waals surface area (Å²) in [6.07, 6.45) is 56.5. The first kappa shape index (κ1) is 46.9. The molecule has 2 aliphatic rings. The predicted octanol–water partition coefficient (Wildman–Crippen LogP) is 14.9. The van der Waals surface area contributed by atoms with E-state index >= 15 is 0 Å². The Morgan fingerprint density at radius 1 is 0.500 bits per heavy atom.